The standard InChI is InChI=1S/C13H20O/c1-5-6-11-7-8-13(3,4)12(9-14)10(11)2/h5-7,14H,8-9H2,1-4H3. The van der Waals surface area contributed by atoms with Crippen LogP contribution in [0.5, 0.6) is 0 Å². The number of hydrogen-bond acceptors (Lipinski definition) is 1. The monoisotopic (exact) mass is 192 g/mol. The van der Waals surface area contributed by atoms with Crippen LogP contribution in [0.4, 0.5) is 0 Å². The van der Waals surface area contributed by atoms with E-state index < -0.39 is 0 Å². The summed E-state index contributed by atoms with van der Waals surface area (Å²) in [5.41, 5.74) is 3.79. The Morgan fingerprint density at radius 2 is 2.14 bits per heavy atom. The lowest BCUT2D eigenvalue weighted by Gasteiger charge is -2.32. The zero-order valence-corrected chi connectivity index (χ0v) is 9.59. The predicted molar refractivity (Wildman–Crippen MR) is 61.1 cm³/mol. The Kier molecular flexibility index (Phi) is 3.33. The molecule has 78 valence electrons. The lowest BCUT2D eigenvalue weighted by Crippen LogP contribution is -2.21. The minimum Gasteiger partial charge on any atom is -0.392 e. The van der Waals surface area contributed by atoms with Crippen LogP contribution in [0.2, 0.25) is 0 Å². The molecule has 0 aromatic heterocycles. The van der Waals surface area contributed by atoms with Crippen LogP contribution in [0.25, 0.3) is 0 Å². The van der Waals surface area contributed by atoms with Crippen molar-refractivity contribution in [1.29, 1.82) is 0 Å². The SMILES string of the molecule is CC=CC1=CCC(C)(C)C(CO)=C1C. The van der Waals surface area contributed by atoms with Crippen LogP contribution in [0, 0.1) is 5.41 Å². The summed E-state index contributed by atoms with van der Waals surface area (Å²) in [5.74, 6) is 0. The predicted octanol–water partition coefficient (Wildman–Crippen LogP) is 3.23. The molecule has 1 nitrogen and oxygen atoms in total. The molecule has 1 aliphatic carbocycles. The summed E-state index contributed by atoms with van der Waals surface area (Å²) in [7, 11) is 0. The number of rotatable bonds is 2. The summed E-state index contributed by atoms with van der Waals surface area (Å²) < 4.78 is 0. The lowest BCUT2D eigenvalue weighted by molar-refractivity contribution is 0.283. The van der Waals surface area contributed by atoms with Crippen LogP contribution in [-0.4, -0.2) is 11.7 Å². The Labute approximate surface area is 86.8 Å². The van der Waals surface area contributed by atoms with E-state index in [2.05, 4.69) is 32.9 Å². The van der Waals surface area contributed by atoms with Crippen molar-refractivity contribution >= 4 is 0 Å². The van der Waals surface area contributed by atoms with Gasteiger partial charge in [-0.1, -0.05) is 32.1 Å². The highest BCUT2D eigenvalue weighted by molar-refractivity contribution is 5.46. The van der Waals surface area contributed by atoms with Gasteiger partial charge in [0.15, 0.2) is 0 Å². The van der Waals surface area contributed by atoms with Gasteiger partial charge in [-0.3, -0.25) is 0 Å². The van der Waals surface area contributed by atoms with Crippen molar-refractivity contribution in [1.82, 2.24) is 0 Å². The first kappa shape index (κ1) is 11.3. The minimum atomic E-state index is 0.115. The smallest absolute Gasteiger partial charge is 0.0652 e. The van der Waals surface area contributed by atoms with Crippen LogP contribution in [0.1, 0.15) is 34.1 Å². The molecule has 14 heavy (non-hydrogen) atoms. The molecule has 0 spiro atoms. The Bertz CT molecular complexity index is 303. The third-order valence-electron chi connectivity index (χ3n) is 3.04. The molecule has 0 radical (unpaired) electrons. The Hall–Kier alpha value is -0.820. The largest absolute Gasteiger partial charge is 0.392 e. The van der Waals surface area contributed by atoms with Crippen molar-refractivity contribution in [3.63, 3.8) is 0 Å². The maximum Gasteiger partial charge on any atom is 0.0652 e. The van der Waals surface area contributed by atoms with Gasteiger partial charge in [0.05, 0.1) is 6.61 Å². The fraction of sp³-hybridized carbons (Fsp3) is 0.538. The number of aliphatic hydroxyl groups excluding tert-OH is 1. The zero-order chi connectivity index (χ0) is 10.8. The van der Waals surface area contributed by atoms with Gasteiger partial charge in [-0.05, 0) is 42.4 Å². The molecule has 0 aromatic carbocycles. The van der Waals surface area contributed by atoms with Crippen molar-refractivity contribution < 1.29 is 5.11 Å². The quantitative estimate of drug-likeness (QED) is 0.712. The summed E-state index contributed by atoms with van der Waals surface area (Å²) in [6.07, 6.45) is 7.43. The molecule has 0 heterocycles. The van der Waals surface area contributed by atoms with Gasteiger partial charge in [0.25, 0.3) is 0 Å². The minimum absolute atomic E-state index is 0.115. The molecule has 0 amide bonds. The van der Waals surface area contributed by atoms with Gasteiger partial charge in [0.1, 0.15) is 0 Å². The van der Waals surface area contributed by atoms with Gasteiger partial charge < -0.3 is 5.11 Å². The summed E-state index contributed by atoms with van der Waals surface area (Å²) in [5, 5.41) is 9.37. The first-order valence-electron chi connectivity index (χ1n) is 5.17. The molecule has 0 fully saturated rings. The van der Waals surface area contributed by atoms with E-state index in [4.69, 9.17) is 0 Å². The molecule has 0 unspecified atom stereocenters. The van der Waals surface area contributed by atoms with Crippen molar-refractivity contribution in [2.24, 2.45) is 5.41 Å². The molecule has 0 atom stereocenters. The van der Waals surface area contributed by atoms with E-state index in [1.54, 1.807) is 0 Å². The maximum atomic E-state index is 9.37. The fourth-order valence-corrected chi connectivity index (χ4v) is 2.03. The third-order valence-corrected chi connectivity index (χ3v) is 3.04. The second-order valence-corrected chi connectivity index (χ2v) is 4.51. The Morgan fingerprint density at radius 1 is 1.50 bits per heavy atom. The van der Waals surface area contributed by atoms with Crippen molar-refractivity contribution in [2.45, 2.75) is 34.1 Å². The fourth-order valence-electron chi connectivity index (χ4n) is 2.03. The molecular weight excluding hydrogens is 172 g/mol. The average molecular weight is 192 g/mol. The molecule has 1 N–H and O–H groups in total. The zero-order valence-electron chi connectivity index (χ0n) is 9.59. The molecule has 1 rings (SSSR count). The molecule has 1 heteroatoms. The van der Waals surface area contributed by atoms with Gasteiger partial charge in [-0.2, -0.15) is 0 Å². The van der Waals surface area contributed by atoms with Gasteiger partial charge in [-0.15, -0.1) is 0 Å². The van der Waals surface area contributed by atoms with Gasteiger partial charge >= 0.3 is 0 Å². The lowest BCUT2D eigenvalue weighted by atomic mass is 9.73. The van der Waals surface area contributed by atoms with E-state index in [1.165, 1.54) is 16.7 Å². The van der Waals surface area contributed by atoms with Crippen LogP contribution in [0.3, 0.4) is 0 Å². The van der Waals surface area contributed by atoms with Gasteiger partial charge in [0, 0.05) is 0 Å². The topological polar surface area (TPSA) is 20.2 Å². The molecule has 0 aromatic rings. The highest BCUT2D eigenvalue weighted by Gasteiger charge is 2.27. The van der Waals surface area contributed by atoms with Crippen molar-refractivity contribution in [2.75, 3.05) is 6.61 Å². The summed E-state index contributed by atoms with van der Waals surface area (Å²) in [4.78, 5) is 0. The highest BCUT2D eigenvalue weighted by Crippen LogP contribution is 2.39. The molecule has 0 bridgehead atoms. The maximum absolute atomic E-state index is 9.37. The molecule has 0 saturated heterocycles. The van der Waals surface area contributed by atoms with Crippen molar-refractivity contribution in [3.05, 3.63) is 34.9 Å². The van der Waals surface area contributed by atoms with Crippen molar-refractivity contribution in [3.8, 4) is 0 Å². The molecule has 1 aliphatic rings. The number of allylic oxidation sites excluding steroid dienone is 5. The second-order valence-electron chi connectivity index (χ2n) is 4.51. The van der Waals surface area contributed by atoms with Crippen LogP contribution >= 0.6 is 0 Å². The second kappa shape index (κ2) is 4.14. The first-order valence-corrected chi connectivity index (χ1v) is 5.17. The van der Waals surface area contributed by atoms with Gasteiger partial charge in [-0.25, -0.2) is 0 Å². The average Bonchev–Trinajstić information content (AvgIpc) is 2.11. The first-order chi connectivity index (χ1) is 6.53. The van der Waals surface area contributed by atoms with Crippen LogP contribution < -0.4 is 0 Å². The Balaban J connectivity index is 3.11. The normalized spacial score (nSPS) is 21.6. The van der Waals surface area contributed by atoms with E-state index in [9.17, 15) is 5.11 Å². The number of aliphatic hydroxyl groups is 1. The van der Waals surface area contributed by atoms with Crippen LogP contribution in [-0.2, 0) is 0 Å². The summed E-state index contributed by atoms with van der Waals surface area (Å²) in [6.45, 7) is 8.66. The summed E-state index contributed by atoms with van der Waals surface area (Å²) >= 11 is 0. The third kappa shape index (κ3) is 1.98. The van der Waals surface area contributed by atoms with E-state index in [0.717, 1.165) is 6.42 Å². The van der Waals surface area contributed by atoms with E-state index >= 15 is 0 Å². The molecule has 0 aliphatic heterocycles. The highest BCUT2D eigenvalue weighted by atomic mass is 16.3. The molecule has 0 saturated carbocycles. The summed E-state index contributed by atoms with van der Waals surface area (Å²) in [6, 6.07) is 0. The van der Waals surface area contributed by atoms with E-state index in [1.807, 2.05) is 13.0 Å². The van der Waals surface area contributed by atoms with Crippen LogP contribution in [0.15, 0.2) is 34.9 Å². The van der Waals surface area contributed by atoms with Gasteiger partial charge in [0.2, 0.25) is 0 Å². The molecular formula is C13H20O. The van der Waals surface area contributed by atoms with E-state index in [-0.39, 0.29) is 12.0 Å². The van der Waals surface area contributed by atoms with E-state index in [0.29, 0.717) is 0 Å². The Morgan fingerprint density at radius 3 is 2.64 bits per heavy atom. The number of hydrogen-bond donors (Lipinski definition) is 1.